The largest absolute Gasteiger partial charge is 0.0654 e. The summed E-state index contributed by atoms with van der Waals surface area (Å²) in [5.41, 5.74) is 9.93. The minimum atomic E-state index is 1.05. The third-order valence-corrected chi connectivity index (χ3v) is 4.93. The van der Waals surface area contributed by atoms with Gasteiger partial charge in [-0.2, -0.15) is 0 Å². The summed E-state index contributed by atoms with van der Waals surface area (Å²) in [7, 11) is 0. The van der Waals surface area contributed by atoms with Crippen LogP contribution in [-0.2, 0) is 12.8 Å². The molecule has 0 heterocycles. The van der Waals surface area contributed by atoms with E-state index >= 15 is 0 Å². The smallest absolute Gasteiger partial charge is 0.000729 e. The summed E-state index contributed by atoms with van der Waals surface area (Å²) in [6, 6.07) is 24.7. The van der Waals surface area contributed by atoms with Crippen molar-refractivity contribution >= 4 is 0 Å². The molecule has 3 aromatic carbocycles. The second-order valence-corrected chi connectivity index (χ2v) is 6.47. The molecule has 114 valence electrons. The highest BCUT2D eigenvalue weighted by molar-refractivity contribution is 5.84. The predicted octanol–water partition coefficient (Wildman–Crippen LogP) is 6.27. The fraction of sp³-hybridized carbons (Fsp3) is 0.217. The van der Waals surface area contributed by atoms with Gasteiger partial charge in [-0.3, -0.25) is 0 Å². The lowest BCUT2D eigenvalue weighted by molar-refractivity contribution is 0.795. The van der Waals surface area contributed by atoms with Crippen LogP contribution in [0.2, 0.25) is 0 Å². The molecule has 0 spiro atoms. The molecule has 0 saturated heterocycles. The zero-order valence-electron chi connectivity index (χ0n) is 13.7. The second kappa shape index (κ2) is 6.04. The molecule has 0 N–H and O–H groups in total. The van der Waals surface area contributed by atoms with E-state index in [2.05, 4.69) is 73.7 Å². The lowest BCUT2D eigenvalue weighted by atomic mass is 9.94. The first-order chi connectivity index (χ1) is 11.4. The van der Waals surface area contributed by atoms with Gasteiger partial charge in [-0.25, -0.2) is 0 Å². The quantitative estimate of drug-likeness (QED) is 0.416. The normalized spacial score (nSPS) is 12.0. The van der Waals surface area contributed by atoms with Gasteiger partial charge in [0.15, 0.2) is 0 Å². The Balaban J connectivity index is 1.71. The molecule has 0 unspecified atom stereocenters. The Kier molecular flexibility index (Phi) is 3.75. The molecular formula is C23H22. The highest BCUT2D eigenvalue weighted by Crippen LogP contribution is 2.41. The van der Waals surface area contributed by atoms with Crippen molar-refractivity contribution in [1.82, 2.24) is 0 Å². The molecular weight excluding hydrogens is 276 g/mol. The first kappa shape index (κ1) is 14.3. The summed E-state index contributed by atoms with van der Waals surface area (Å²) in [4.78, 5) is 0. The van der Waals surface area contributed by atoms with Gasteiger partial charge in [0.25, 0.3) is 0 Å². The lowest BCUT2D eigenvalue weighted by Gasteiger charge is -2.10. The first-order valence-corrected chi connectivity index (χ1v) is 8.66. The van der Waals surface area contributed by atoms with Crippen LogP contribution >= 0.6 is 0 Å². The fourth-order valence-corrected chi connectivity index (χ4v) is 3.66. The highest BCUT2D eigenvalue weighted by atomic mass is 14.2. The van der Waals surface area contributed by atoms with Gasteiger partial charge in [-0.15, -0.1) is 0 Å². The maximum absolute atomic E-state index is 2.30. The molecule has 0 nitrogen and oxygen atoms in total. The van der Waals surface area contributed by atoms with E-state index in [9.17, 15) is 0 Å². The monoisotopic (exact) mass is 298 g/mol. The van der Waals surface area contributed by atoms with E-state index in [0.29, 0.717) is 0 Å². The van der Waals surface area contributed by atoms with Crippen LogP contribution in [-0.4, -0.2) is 0 Å². The van der Waals surface area contributed by atoms with Crippen LogP contribution < -0.4 is 0 Å². The van der Waals surface area contributed by atoms with E-state index in [1.807, 2.05) is 0 Å². The van der Waals surface area contributed by atoms with Gasteiger partial charge in [-0.1, -0.05) is 80.1 Å². The van der Waals surface area contributed by atoms with Crippen molar-refractivity contribution in [2.45, 2.75) is 32.6 Å². The Hall–Kier alpha value is -2.34. The number of hydrogen-bond donors (Lipinski definition) is 0. The third kappa shape index (κ3) is 2.59. The minimum Gasteiger partial charge on any atom is -0.0654 e. The molecule has 0 aromatic heterocycles. The molecule has 0 atom stereocenters. The molecule has 4 rings (SSSR count). The van der Waals surface area contributed by atoms with Gasteiger partial charge in [0, 0.05) is 0 Å². The summed E-state index contributed by atoms with van der Waals surface area (Å²) in [6.45, 7) is 2.25. The molecule has 0 heteroatoms. The third-order valence-electron chi connectivity index (χ3n) is 4.93. The van der Waals surface area contributed by atoms with Gasteiger partial charge >= 0.3 is 0 Å². The molecule has 0 fully saturated rings. The number of rotatable bonds is 4. The number of unbranched alkanes of at least 4 members (excludes halogenated alkanes) is 1. The number of aryl methyl sites for hydroxylation is 1. The molecule has 0 bridgehead atoms. The highest BCUT2D eigenvalue weighted by Gasteiger charge is 2.20. The minimum absolute atomic E-state index is 1.05. The summed E-state index contributed by atoms with van der Waals surface area (Å²) >= 11 is 0. The standard InChI is InChI=1S/C23H22/c1-2-3-7-17-12-14-18(15-13-17)20-10-6-11-22-21-9-5-4-8-19(21)16-23(20)22/h4-6,8-15H,2-3,7,16H2,1H3. The van der Waals surface area contributed by atoms with Crippen molar-refractivity contribution in [3.8, 4) is 22.3 Å². The maximum Gasteiger partial charge on any atom is -0.000729 e. The molecule has 0 saturated carbocycles. The van der Waals surface area contributed by atoms with Gasteiger partial charge in [0.1, 0.15) is 0 Å². The van der Waals surface area contributed by atoms with Crippen LogP contribution in [0.1, 0.15) is 36.5 Å². The average molecular weight is 298 g/mol. The lowest BCUT2D eigenvalue weighted by Crippen LogP contribution is -1.89. The van der Waals surface area contributed by atoms with Crippen LogP contribution in [0.4, 0.5) is 0 Å². The second-order valence-electron chi connectivity index (χ2n) is 6.47. The Morgan fingerprint density at radius 2 is 1.48 bits per heavy atom. The van der Waals surface area contributed by atoms with Crippen molar-refractivity contribution in [2.75, 3.05) is 0 Å². The van der Waals surface area contributed by atoms with E-state index < -0.39 is 0 Å². The Labute approximate surface area is 138 Å². The molecule has 0 aliphatic heterocycles. The molecule has 23 heavy (non-hydrogen) atoms. The van der Waals surface area contributed by atoms with Crippen LogP contribution in [0.3, 0.4) is 0 Å². The van der Waals surface area contributed by atoms with E-state index in [1.54, 1.807) is 0 Å². The van der Waals surface area contributed by atoms with Gasteiger partial charge in [0.05, 0.1) is 0 Å². The van der Waals surface area contributed by atoms with Crippen LogP contribution in [0.5, 0.6) is 0 Å². The molecule has 0 radical (unpaired) electrons. The van der Waals surface area contributed by atoms with Crippen LogP contribution in [0.15, 0.2) is 66.7 Å². The maximum atomic E-state index is 2.30. The number of fused-ring (bicyclic) bond motifs is 3. The van der Waals surface area contributed by atoms with E-state index in [1.165, 1.54) is 58.2 Å². The topological polar surface area (TPSA) is 0 Å². The number of hydrogen-bond acceptors (Lipinski definition) is 0. The zero-order chi connectivity index (χ0) is 15.6. The van der Waals surface area contributed by atoms with Crippen LogP contribution in [0.25, 0.3) is 22.3 Å². The van der Waals surface area contributed by atoms with Gasteiger partial charge in [0.2, 0.25) is 0 Å². The summed E-state index contributed by atoms with van der Waals surface area (Å²) in [5.74, 6) is 0. The Morgan fingerprint density at radius 3 is 2.30 bits per heavy atom. The van der Waals surface area contributed by atoms with E-state index in [0.717, 1.165) is 6.42 Å². The molecule has 1 aliphatic rings. The summed E-state index contributed by atoms with van der Waals surface area (Å²) in [5, 5.41) is 0. The molecule has 3 aromatic rings. The van der Waals surface area contributed by atoms with Crippen molar-refractivity contribution in [3.63, 3.8) is 0 Å². The van der Waals surface area contributed by atoms with E-state index in [4.69, 9.17) is 0 Å². The molecule has 1 aliphatic carbocycles. The summed E-state index contributed by atoms with van der Waals surface area (Å²) in [6.07, 6.45) is 4.77. The number of benzene rings is 3. The van der Waals surface area contributed by atoms with Gasteiger partial charge < -0.3 is 0 Å². The first-order valence-electron chi connectivity index (χ1n) is 8.66. The fourth-order valence-electron chi connectivity index (χ4n) is 3.66. The van der Waals surface area contributed by atoms with Crippen molar-refractivity contribution in [1.29, 1.82) is 0 Å². The van der Waals surface area contributed by atoms with Crippen molar-refractivity contribution in [3.05, 3.63) is 83.4 Å². The predicted molar refractivity (Wildman–Crippen MR) is 98.7 cm³/mol. The van der Waals surface area contributed by atoms with Gasteiger partial charge in [-0.05, 0) is 58.2 Å². The SMILES string of the molecule is CCCCc1ccc(-c2cccc3c2Cc2ccccc2-3)cc1. The van der Waals surface area contributed by atoms with E-state index in [-0.39, 0.29) is 0 Å². The van der Waals surface area contributed by atoms with Crippen LogP contribution in [0, 0.1) is 0 Å². The zero-order valence-corrected chi connectivity index (χ0v) is 13.7. The average Bonchev–Trinajstić information content (AvgIpc) is 2.99. The molecule has 0 amide bonds. The Morgan fingerprint density at radius 1 is 0.739 bits per heavy atom. The Bertz CT molecular complexity index is 825. The van der Waals surface area contributed by atoms with Crippen molar-refractivity contribution < 1.29 is 0 Å². The summed E-state index contributed by atoms with van der Waals surface area (Å²) < 4.78 is 0. The van der Waals surface area contributed by atoms with Crippen molar-refractivity contribution in [2.24, 2.45) is 0 Å².